The number of aromatic amines is 2. The first-order chi connectivity index (χ1) is 12.0. The third-order valence-electron chi connectivity index (χ3n) is 5.10. The van der Waals surface area contributed by atoms with Crippen LogP contribution in [-0.2, 0) is 15.4 Å². The van der Waals surface area contributed by atoms with E-state index in [9.17, 15) is 13.2 Å². The Hall–Kier alpha value is -2.38. The predicted octanol–water partition coefficient (Wildman–Crippen LogP) is 2.26. The summed E-state index contributed by atoms with van der Waals surface area (Å²) in [6.45, 7) is 0.376. The molecule has 1 heterocycles. The molecule has 0 atom stereocenters. The molecule has 0 saturated heterocycles. The highest BCUT2D eigenvalue weighted by atomic mass is 32.2. The van der Waals surface area contributed by atoms with Crippen molar-refractivity contribution < 1.29 is 8.42 Å². The lowest BCUT2D eigenvalue weighted by Gasteiger charge is -2.42. The van der Waals surface area contributed by atoms with Crippen molar-refractivity contribution in [3.63, 3.8) is 0 Å². The van der Waals surface area contributed by atoms with E-state index in [1.807, 2.05) is 18.2 Å². The lowest BCUT2D eigenvalue weighted by atomic mass is 9.64. The number of rotatable bonds is 5. The van der Waals surface area contributed by atoms with Crippen LogP contribution in [0.15, 0.2) is 58.2 Å². The van der Waals surface area contributed by atoms with Crippen molar-refractivity contribution in [1.29, 1.82) is 0 Å². The van der Waals surface area contributed by atoms with Gasteiger partial charge in [0.25, 0.3) is 0 Å². The molecule has 7 heteroatoms. The van der Waals surface area contributed by atoms with Gasteiger partial charge in [0.1, 0.15) is 0 Å². The Morgan fingerprint density at radius 3 is 2.40 bits per heavy atom. The van der Waals surface area contributed by atoms with Gasteiger partial charge in [0.2, 0.25) is 10.0 Å². The molecule has 1 aliphatic carbocycles. The van der Waals surface area contributed by atoms with Crippen LogP contribution in [0.4, 0.5) is 0 Å². The van der Waals surface area contributed by atoms with E-state index in [1.165, 1.54) is 17.7 Å². The number of aromatic nitrogens is 2. The molecule has 3 N–H and O–H groups in total. The molecule has 1 saturated carbocycles. The maximum Gasteiger partial charge on any atom is 0.323 e. The Balaban J connectivity index is 1.59. The van der Waals surface area contributed by atoms with Crippen LogP contribution in [0.1, 0.15) is 24.8 Å². The fraction of sp³-hybridized carbons (Fsp3) is 0.278. The number of H-pyrrole nitrogens is 2. The molecular weight excluding hydrogens is 338 g/mol. The number of benzene rings is 2. The topological polar surface area (TPSA) is 94.8 Å². The number of fused-ring (bicyclic) bond motifs is 1. The summed E-state index contributed by atoms with van der Waals surface area (Å²) >= 11 is 0. The normalized spacial score (nSPS) is 16.6. The van der Waals surface area contributed by atoms with Gasteiger partial charge in [-0.3, -0.25) is 0 Å². The Labute approximate surface area is 145 Å². The number of imidazole rings is 1. The van der Waals surface area contributed by atoms with Crippen molar-refractivity contribution in [2.24, 2.45) is 0 Å². The Morgan fingerprint density at radius 2 is 1.72 bits per heavy atom. The summed E-state index contributed by atoms with van der Waals surface area (Å²) in [4.78, 5) is 16.7. The highest BCUT2D eigenvalue weighted by molar-refractivity contribution is 7.89. The minimum Gasteiger partial charge on any atom is -0.306 e. The summed E-state index contributed by atoms with van der Waals surface area (Å²) < 4.78 is 28.1. The zero-order valence-electron chi connectivity index (χ0n) is 13.6. The average Bonchev–Trinajstić information content (AvgIpc) is 2.94. The van der Waals surface area contributed by atoms with Crippen LogP contribution in [0.3, 0.4) is 0 Å². The minimum absolute atomic E-state index is 0.124. The second-order valence-corrected chi connectivity index (χ2v) is 8.38. The Kier molecular flexibility index (Phi) is 3.77. The standard InChI is InChI=1S/C18H19N3O3S/c22-17-20-15-8-7-14(11-16(15)21-17)25(23,24)19-12-18(9-4-10-18)13-5-2-1-3-6-13/h1-3,5-8,11,19H,4,9-10,12H2,(H2,20,21,22). The second-order valence-electron chi connectivity index (χ2n) is 6.61. The van der Waals surface area contributed by atoms with E-state index in [4.69, 9.17) is 0 Å². The number of nitrogens with one attached hydrogen (secondary N) is 3. The summed E-state index contributed by atoms with van der Waals surface area (Å²) in [5.41, 5.74) is 1.77. The molecule has 0 spiro atoms. The van der Waals surface area contributed by atoms with E-state index in [1.54, 1.807) is 6.07 Å². The van der Waals surface area contributed by atoms with Crippen LogP contribution < -0.4 is 10.4 Å². The molecule has 1 aromatic heterocycles. The molecule has 25 heavy (non-hydrogen) atoms. The molecule has 1 aliphatic rings. The first-order valence-corrected chi connectivity index (χ1v) is 9.74. The highest BCUT2D eigenvalue weighted by Crippen LogP contribution is 2.43. The van der Waals surface area contributed by atoms with E-state index in [0.717, 1.165) is 19.3 Å². The van der Waals surface area contributed by atoms with E-state index in [2.05, 4.69) is 26.8 Å². The maximum atomic E-state index is 12.7. The van der Waals surface area contributed by atoms with Gasteiger partial charge < -0.3 is 9.97 Å². The van der Waals surface area contributed by atoms with Crippen LogP contribution in [0.25, 0.3) is 11.0 Å². The minimum atomic E-state index is -3.65. The van der Waals surface area contributed by atoms with E-state index in [0.29, 0.717) is 17.6 Å². The van der Waals surface area contributed by atoms with Gasteiger partial charge in [-0.1, -0.05) is 36.8 Å². The van der Waals surface area contributed by atoms with Crippen LogP contribution >= 0.6 is 0 Å². The van der Waals surface area contributed by atoms with Crippen molar-refractivity contribution in [1.82, 2.24) is 14.7 Å². The molecule has 0 radical (unpaired) electrons. The summed E-state index contributed by atoms with van der Waals surface area (Å²) in [5, 5.41) is 0. The summed E-state index contributed by atoms with van der Waals surface area (Å²) in [6, 6.07) is 14.6. The SMILES string of the molecule is O=c1[nH]c2ccc(S(=O)(=O)NCC3(c4ccccc4)CCC3)cc2[nH]1. The Morgan fingerprint density at radius 1 is 1.00 bits per heavy atom. The van der Waals surface area contributed by atoms with Crippen LogP contribution in [-0.4, -0.2) is 24.9 Å². The van der Waals surface area contributed by atoms with Gasteiger partial charge in [-0.05, 0) is 36.6 Å². The first-order valence-electron chi connectivity index (χ1n) is 8.26. The molecule has 2 aromatic carbocycles. The quantitative estimate of drug-likeness (QED) is 0.654. The van der Waals surface area contributed by atoms with Gasteiger partial charge >= 0.3 is 5.69 Å². The average molecular weight is 357 g/mol. The monoisotopic (exact) mass is 357 g/mol. The smallest absolute Gasteiger partial charge is 0.306 e. The van der Waals surface area contributed by atoms with Crippen molar-refractivity contribution >= 4 is 21.1 Å². The molecular formula is C18H19N3O3S. The number of sulfonamides is 1. The van der Waals surface area contributed by atoms with Gasteiger partial charge in [0.15, 0.2) is 0 Å². The molecule has 3 aromatic rings. The molecule has 1 fully saturated rings. The van der Waals surface area contributed by atoms with Crippen LogP contribution in [0.5, 0.6) is 0 Å². The van der Waals surface area contributed by atoms with Crippen molar-refractivity contribution in [3.8, 4) is 0 Å². The van der Waals surface area contributed by atoms with E-state index in [-0.39, 0.29) is 16.0 Å². The van der Waals surface area contributed by atoms with Crippen molar-refractivity contribution in [2.45, 2.75) is 29.6 Å². The molecule has 6 nitrogen and oxygen atoms in total. The lowest BCUT2D eigenvalue weighted by molar-refractivity contribution is 0.245. The summed E-state index contributed by atoms with van der Waals surface area (Å²) in [6.07, 6.45) is 3.06. The van der Waals surface area contributed by atoms with Crippen LogP contribution in [0.2, 0.25) is 0 Å². The predicted molar refractivity (Wildman–Crippen MR) is 96.1 cm³/mol. The number of hydrogen-bond donors (Lipinski definition) is 3. The lowest BCUT2D eigenvalue weighted by Crippen LogP contribution is -2.45. The molecule has 0 unspecified atom stereocenters. The molecule has 0 aliphatic heterocycles. The summed E-state index contributed by atoms with van der Waals surface area (Å²) in [7, 11) is -3.65. The zero-order valence-corrected chi connectivity index (χ0v) is 14.4. The third-order valence-corrected chi connectivity index (χ3v) is 6.49. The fourth-order valence-corrected chi connectivity index (χ4v) is 4.61. The zero-order chi connectivity index (χ0) is 17.5. The third kappa shape index (κ3) is 2.89. The Bertz CT molecular complexity index is 1060. The number of hydrogen-bond acceptors (Lipinski definition) is 3. The molecule has 4 rings (SSSR count). The van der Waals surface area contributed by atoms with E-state index >= 15 is 0 Å². The largest absolute Gasteiger partial charge is 0.323 e. The van der Waals surface area contributed by atoms with Gasteiger partial charge in [0, 0.05) is 12.0 Å². The van der Waals surface area contributed by atoms with Crippen molar-refractivity contribution in [2.75, 3.05) is 6.54 Å². The highest BCUT2D eigenvalue weighted by Gasteiger charge is 2.39. The van der Waals surface area contributed by atoms with Gasteiger partial charge in [-0.2, -0.15) is 0 Å². The molecule has 130 valence electrons. The molecule has 0 amide bonds. The van der Waals surface area contributed by atoms with E-state index < -0.39 is 10.0 Å². The van der Waals surface area contributed by atoms with Gasteiger partial charge in [0.05, 0.1) is 15.9 Å². The van der Waals surface area contributed by atoms with Gasteiger partial charge in [-0.15, -0.1) is 0 Å². The van der Waals surface area contributed by atoms with Crippen molar-refractivity contribution in [3.05, 3.63) is 64.6 Å². The fourth-order valence-electron chi connectivity index (χ4n) is 3.46. The van der Waals surface area contributed by atoms with Crippen LogP contribution in [0, 0.1) is 0 Å². The summed E-state index contributed by atoms with van der Waals surface area (Å²) in [5.74, 6) is 0. The molecule has 0 bridgehead atoms. The van der Waals surface area contributed by atoms with Gasteiger partial charge in [-0.25, -0.2) is 17.9 Å². The second kappa shape index (κ2) is 5.86. The maximum absolute atomic E-state index is 12.7. The first kappa shape index (κ1) is 16.1.